The maximum absolute atomic E-state index is 12.2. The molecule has 1 heterocycles. The van der Waals surface area contributed by atoms with Crippen LogP contribution in [-0.2, 0) is 14.6 Å². The van der Waals surface area contributed by atoms with Crippen LogP contribution in [0.5, 0.6) is 0 Å². The molecule has 2 atom stereocenters. The zero-order chi connectivity index (χ0) is 13.8. The molecule has 0 radical (unpaired) electrons. The first-order valence-electron chi connectivity index (χ1n) is 6.45. The lowest BCUT2D eigenvalue weighted by atomic mass is 10.2. The summed E-state index contributed by atoms with van der Waals surface area (Å²) in [7, 11) is -3.29. The fourth-order valence-electron chi connectivity index (χ4n) is 2.12. The lowest BCUT2D eigenvalue weighted by Gasteiger charge is -2.26. The molecule has 0 aromatic rings. The molecule has 1 aliphatic heterocycles. The summed E-state index contributed by atoms with van der Waals surface area (Å²) < 4.78 is 22.9. The van der Waals surface area contributed by atoms with Gasteiger partial charge in [-0.25, -0.2) is 8.42 Å². The van der Waals surface area contributed by atoms with Crippen LogP contribution in [-0.4, -0.2) is 54.8 Å². The van der Waals surface area contributed by atoms with E-state index in [0.29, 0.717) is 18.3 Å². The second-order valence-electron chi connectivity index (χ2n) is 4.83. The van der Waals surface area contributed by atoms with Gasteiger partial charge in [0.1, 0.15) is 5.25 Å². The molecule has 1 rings (SSSR count). The minimum absolute atomic E-state index is 0.235. The van der Waals surface area contributed by atoms with Crippen LogP contribution in [0.4, 0.5) is 0 Å². The molecule has 0 unspecified atom stereocenters. The van der Waals surface area contributed by atoms with Crippen LogP contribution in [0.2, 0.25) is 0 Å². The molecule has 0 N–H and O–H groups in total. The van der Waals surface area contributed by atoms with E-state index >= 15 is 0 Å². The smallest absolute Gasteiger partial charge is 0.240 e. The third kappa shape index (κ3) is 4.46. The number of nitrogens with zero attached hydrogens (tertiary/aromatic N) is 1. The second kappa shape index (κ2) is 6.80. The molecular formula is C12H23NO3S2. The number of carbonyl (C=O) groups excluding carboxylic acids is 1. The zero-order valence-corrected chi connectivity index (χ0v) is 13.0. The number of thioether (sulfide) groups is 1. The number of hydrogen-bond donors (Lipinski definition) is 0. The van der Waals surface area contributed by atoms with Crippen molar-refractivity contribution >= 4 is 27.5 Å². The van der Waals surface area contributed by atoms with Crippen LogP contribution in [0, 0.1) is 0 Å². The van der Waals surface area contributed by atoms with E-state index < -0.39 is 15.1 Å². The van der Waals surface area contributed by atoms with Crippen molar-refractivity contribution in [2.24, 2.45) is 0 Å². The average Bonchev–Trinajstić information content (AvgIpc) is 2.52. The quantitative estimate of drug-likeness (QED) is 0.789. The van der Waals surface area contributed by atoms with Crippen molar-refractivity contribution in [2.45, 2.75) is 43.6 Å². The zero-order valence-electron chi connectivity index (χ0n) is 11.4. The average molecular weight is 293 g/mol. The molecule has 106 valence electrons. The van der Waals surface area contributed by atoms with Crippen LogP contribution in [0.15, 0.2) is 0 Å². The number of likely N-dealkylation sites (tertiary alicyclic amines) is 1. The van der Waals surface area contributed by atoms with Crippen molar-refractivity contribution in [3.63, 3.8) is 0 Å². The van der Waals surface area contributed by atoms with E-state index in [1.54, 1.807) is 4.90 Å². The highest BCUT2D eigenvalue weighted by molar-refractivity contribution is 7.99. The van der Waals surface area contributed by atoms with Crippen LogP contribution in [0.3, 0.4) is 0 Å². The Morgan fingerprint density at radius 3 is 2.67 bits per heavy atom. The summed E-state index contributed by atoms with van der Waals surface area (Å²) in [4.78, 5) is 13.9. The Balaban J connectivity index is 2.71. The standard InChI is InChI=1S/C12H23NO3S2/c1-4-17-11-7-5-6-8-13(9-11)12(14)10(2)18(3,15)16/h10-11H,4-9H2,1-3H3/t10-,11+/m0/s1. The maximum Gasteiger partial charge on any atom is 0.240 e. The number of sulfone groups is 1. The molecule has 4 nitrogen and oxygen atoms in total. The largest absolute Gasteiger partial charge is 0.340 e. The summed E-state index contributed by atoms with van der Waals surface area (Å²) in [5, 5.41) is -0.462. The van der Waals surface area contributed by atoms with Crippen LogP contribution in [0.25, 0.3) is 0 Å². The Labute approximate surface area is 114 Å². The summed E-state index contributed by atoms with van der Waals surface area (Å²) in [5.41, 5.74) is 0. The van der Waals surface area contributed by atoms with Crippen LogP contribution in [0.1, 0.15) is 33.1 Å². The van der Waals surface area contributed by atoms with E-state index in [-0.39, 0.29) is 5.91 Å². The third-order valence-electron chi connectivity index (χ3n) is 3.33. The summed E-state index contributed by atoms with van der Waals surface area (Å²) in [6.07, 6.45) is 4.35. The highest BCUT2D eigenvalue weighted by atomic mass is 32.2. The molecule has 1 saturated heterocycles. The van der Waals surface area contributed by atoms with Gasteiger partial charge in [-0.1, -0.05) is 13.3 Å². The Kier molecular flexibility index (Phi) is 5.98. The van der Waals surface area contributed by atoms with E-state index in [0.717, 1.165) is 31.3 Å². The van der Waals surface area contributed by atoms with Crippen molar-refractivity contribution in [2.75, 3.05) is 25.1 Å². The third-order valence-corrected chi connectivity index (χ3v) is 6.01. The van der Waals surface area contributed by atoms with Gasteiger partial charge in [-0.15, -0.1) is 0 Å². The monoisotopic (exact) mass is 293 g/mol. The lowest BCUT2D eigenvalue weighted by Crippen LogP contribution is -2.43. The molecule has 0 spiro atoms. The fourth-order valence-corrected chi connectivity index (χ4v) is 3.72. The van der Waals surface area contributed by atoms with Crippen molar-refractivity contribution in [3.05, 3.63) is 0 Å². The SMILES string of the molecule is CCS[C@@H]1CCCCN(C(=O)[C@H](C)S(C)(=O)=O)C1. The summed E-state index contributed by atoms with van der Waals surface area (Å²) >= 11 is 1.86. The highest BCUT2D eigenvalue weighted by Gasteiger charge is 2.30. The molecule has 1 aliphatic rings. The molecule has 0 aromatic carbocycles. The number of rotatable bonds is 4. The summed E-state index contributed by atoms with van der Waals surface area (Å²) in [6, 6.07) is 0. The van der Waals surface area contributed by atoms with Gasteiger partial charge in [-0.05, 0) is 25.5 Å². The van der Waals surface area contributed by atoms with Crippen LogP contribution >= 0.6 is 11.8 Å². The minimum Gasteiger partial charge on any atom is -0.340 e. The molecule has 1 amide bonds. The van der Waals surface area contributed by atoms with Gasteiger partial charge in [-0.2, -0.15) is 11.8 Å². The van der Waals surface area contributed by atoms with E-state index in [1.807, 2.05) is 11.8 Å². The first-order chi connectivity index (χ1) is 8.36. The van der Waals surface area contributed by atoms with Crippen molar-refractivity contribution in [1.82, 2.24) is 4.90 Å². The van der Waals surface area contributed by atoms with Crippen molar-refractivity contribution < 1.29 is 13.2 Å². The lowest BCUT2D eigenvalue weighted by molar-refractivity contribution is -0.130. The van der Waals surface area contributed by atoms with E-state index in [9.17, 15) is 13.2 Å². The first kappa shape index (κ1) is 15.8. The van der Waals surface area contributed by atoms with E-state index in [4.69, 9.17) is 0 Å². The molecule has 0 aromatic heterocycles. The summed E-state index contributed by atoms with van der Waals surface area (Å²) in [5.74, 6) is 0.801. The van der Waals surface area contributed by atoms with E-state index in [2.05, 4.69) is 6.92 Å². The first-order valence-corrected chi connectivity index (χ1v) is 9.45. The van der Waals surface area contributed by atoms with Crippen molar-refractivity contribution in [3.8, 4) is 0 Å². The molecule has 0 bridgehead atoms. The Hall–Kier alpha value is -0.230. The summed E-state index contributed by atoms with van der Waals surface area (Å²) in [6.45, 7) is 4.99. The highest BCUT2D eigenvalue weighted by Crippen LogP contribution is 2.22. The van der Waals surface area contributed by atoms with Crippen molar-refractivity contribution in [1.29, 1.82) is 0 Å². The Bertz CT molecular complexity index is 381. The molecule has 0 saturated carbocycles. The van der Waals surface area contributed by atoms with Gasteiger partial charge >= 0.3 is 0 Å². The molecule has 18 heavy (non-hydrogen) atoms. The van der Waals surface area contributed by atoms with Gasteiger partial charge in [0.2, 0.25) is 5.91 Å². The van der Waals surface area contributed by atoms with Gasteiger partial charge < -0.3 is 4.90 Å². The van der Waals surface area contributed by atoms with Gasteiger partial charge in [0, 0.05) is 24.6 Å². The van der Waals surface area contributed by atoms with Gasteiger partial charge in [0.15, 0.2) is 9.84 Å². The Morgan fingerprint density at radius 2 is 2.11 bits per heavy atom. The predicted octanol–water partition coefficient (Wildman–Crippen LogP) is 1.55. The predicted molar refractivity (Wildman–Crippen MR) is 76.7 cm³/mol. The topological polar surface area (TPSA) is 54.5 Å². The van der Waals surface area contributed by atoms with Crippen LogP contribution < -0.4 is 0 Å². The minimum atomic E-state index is -3.29. The molecule has 1 fully saturated rings. The van der Waals surface area contributed by atoms with E-state index in [1.165, 1.54) is 6.92 Å². The maximum atomic E-state index is 12.2. The fraction of sp³-hybridized carbons (Fsp3) is 0.917. The normalized spacial score (nSPS) is 23.5. The van der Waals surface area contributed by atoms with Gasteiger partial charge in [0.25, 0.3) is 0 Å². The Morgan fingerprint density at radius 1 is 1.44 bits per heavy atom. The second-order valence-corrected chi connectivity index (χ2v) is 8.77. The molecular weight excluding hydrogens is 270 g/mol. The molecule has 0 aliphatic carbocycles. The number of amides is 1. The molecule has 6 heteroatoms. The number of carbonyl (C=O) groups is 1. The van der Waals surface area contributed by atoms with Gasteiger partial charge in [0.05, 0.1) is 0 Å². The van der Waals surface area contributed by atoms with Gasteiger partial charge in [-0.3, -0.25) is 4.79 Å². The number of hydrogen-bond acceptors (Lipinski definition) is 4.